The number of aromatic nitrogens is 1. The van der Waals surface area contributed by atoms with Crippen molar-refractivity contribution in [2.24, 2.45) is 17.8 Å². The summed E-state index contributed by atoms with van der Waals surface area (Å²) in [5.41, 5.74) is 3.88. The number of hydrogen-bond donors (Lipinski definition) is 0. The summed E-state index contributed by atoms with van der Waals surface area (Å²) in [5, 5.41) is 1.11. The topological polar surface area (TPSA) is 93.6 Å². The molecule has 0 radical (unpaired) electrons. The smallest absolute Gasteiger partial charge is 0.339 e. The molecule has 7 nitrogen and oxygen atoms in total. The molecule has 6 rings (SSSR count). The van der Waals surface area contributed by atoms with Crippen molar-refractivity contribution in [2.45, 2.75) is 33.3 Å². The number of halogens is 1. The fourth-order valence-corrected chi connectivity index (χ4v) is 6.14. The van der Waals surface area contributed by atoms with Crippen LogP contribution in [0.1, 0.15) is 46.5 Å². The first-order valence-corrected chi connectivity index (χ1v) is 14.6. The number of Topliss-reactive ketones (excluding diaryl/α,β-unsaturated/α-hetero) is 1. The van der Waals surface area contributed by atoms with Crippen LogP contribution in [0, 0.1) is 24.7 Å². The molecule has 4 atom stereocenters. The maximum atomic E-state index is 13.5. The number of fused-ring (bicyclic) bond motifs is 2. The van der Waals surface area contributed by atoms with Crippen LogP contribution < -0.4 is 4.90 Å². The Hall–Kier alpha value is -4.62. The largest absolute Gasteiger partial charge is 0.451 e. The molecule has 1 fully saturated rings. The highest BCUT2D eigenvalue weighted by atomic mass is 35.5. The number of imide groups is 1. The first-order valence-electron chi connectivity index (χ1n) is 14.2. The molecule has 1 aromatic heterocycles. The van der Waals surface area contributed by atoms with Crippen molar-refractivity contribution in [3.63, 3.8) is 0 Å². The van der Waals surface area contributed by atoms with Gasteiger partial charge in [-0.25, -0.2) is 9.78 Å². The van der Waals surface area contributed by atoms with Gasteiger partial charge in [0.05, 0.1) is 34.3 Å². The van der Waals surface area contributed by atoms with Crippen LogP contribution in [0.4, 0.5) is 5.69 Å². The van der Waals surface area contributed by atoms with Crippen molar-refractivity contribution in [3.8, 4) is 11.3 Å². The molecule has 2 amide bonds. The van der Waals surface area contributed by atoms with Gasteiger partial charge in [0, 0.05) is 21.5 Å². The van der Waals surface area contributed by atoms with E-state index in [1.165, 1.54) is 11.8 Å². The van der Waals surface area contributed by atoms with Gasteiger partial charge in [0.25, 0.3) is 0 Å². The van der Waals surface area contributed by atoms with Gasteiger partial charge in [0.1, 0.15) is 0 Å². The summed E-state index contributed by atoms with van der Waals surface area (Å²) in [6, 6.07) is 20.6. The van der Waals surface area contributed by atoms with E-state index in [9.17, 15) is 19.2 Å². The molecule has 1 aliphatic heterocycles. The number of hydrogen-bond acceptors (Lipinski definition) is 6. The van der Waals surface area contributed by atoms with Crippen molar-refractivity contribution < 1.29 is 23.9 Å². The van der Waals surface area contributed by atoms with E-state index in [-0.39, 0.29) is 40.9 Å². The minimum Gasteiger partial charge on any atom is -0.451 e. The molecular weight excluding hydrogens is 564 g/mol. The summed E-state index contributed by atoms with van der Waals surface area (Å²) in [6.07, 6.45) is 3.52. The average Bonchev–Trinajstić information content (AvgIpc) is 3.27. The quantitative estimate of drug-likeness (QED) is 0.104. The third-order valence-corrected chi connectivity index (χ3v) is 8.59. The Morgan fingerprint density at radius 2 is 1.72 bits per heavy atom. The van der Waals surface area contributed by atoms with E-state index in [0.717, 1.165) is 5.56 Å². The van der Waals surface area contributed by atoms with Crippen LogP contribution in [0.25, 0.3) is 22.2 Å². The standard InChI is InChI=1S/C35H29ClN2O5/c1-19-6-4-9-27-30(19)34(41)38(33(27)40)25-16-12-22(13-17-25)29-18-28(26-8-5-7-20(2)31(26)37-29)35(42)43-21(3)32(39)23-10-14-24(36)15-11-23/h4-8,10-19,21,27,30H,9H2,1-3H3. The summed E-state index contributed by atoms with van der Waals surface area (Å²) in [7, 11) is 0. The van der Waals surface area contributed by atoms with Gasteiger partial charge in [-0.05, 0) is 74.2 Å². The zero-order valence-corrected chi connectivity index (χ0v) is 24.7. The van der Waals surface area contributed by atoms with Gasteiger partial charge in [-0.2, -0.15) is 0 Å². The second-order valence-corrected chi connectivity index (χ2v) is 11.6. The van der Waals surface area contributed by atoms with Gasteiger partial charge < -0.3 is 4.74 Å². The molecule has 3 aromatic carbocycles. The molecule has 0 spiro atoms. The van der Waals surface area contributed by atoms with Gasteiger partial charge in [-0.15, -0.1) is 0 Å². The third-order valence-electron chi connectivity index (χ3n) is 8.34. The Morgan fingerprint density at radius 3 is 2.42 bits per heavy atom. The highest BCUT2D eigenvalue weighted by Gasteiger charge is 2.50. The summed E-state index contributed by atoms with van der Waals surface area (Å²) in [6.45, 7) is 5.41. The fourth-order valence-electron chi connectivity index (χ4n) is 6.02. The Bertz CT molecular complexity index is 1810. The molecular formula is C35H29ClN2O5. The van der Waals surface area contributed by atoms with Crippen LogP contribution >= 0.6 is 11.6 Å². The van der Waals surface area contributed by atoms with Crippen molar-refractivity contribution in [1.29, 1.82) is 0 Å². The number of benzene rings is 3. The lowest BCUT2D eigenvalue weighted by Gasteiger charge is -2.22. The molecule has 216 valence electrons. The number of aryl methyl sites for hydroxylation is 1. The van der Waals surface area contributed by atoms with Crippen molar-refractivity contribution in [1.82, 2.24) is 4.98 Å². The molecule has 0 saturated carbocycles. The number of nitrogens with zero attached hydrogens (tertiary/aromatic N) is 2. The predicted molar refractivity (Wildman–Crippen MR) is 165 cm³/mol. The summed E-state index contributed by atoms with van der Waals surface area (Å²) in [5.74, 6) is -2.01. The van der Waals surface area contributed by atoms with Crippen LogP contribution in [0.5, 0.6) is 0 Å². The number of para-hydroxylation sites is 1. The Morgan fingerprint density at radius 1 is 1.00 bits per heavy atom. The lowest BCUT2D eigenvalue weighted by molar-refractivity contribution is -0.122. The van der Waals surface area contributed by atoms with E-state index in [4.69, 9.17) is 21.3 Å². The molecule has 1 aliphatic carbocycles. The van der Waals surface area contributed by atoms with Crippen LogP contribution in [0.2, 0.25) is 5.02 Å². The van der Waals surface area contributed by atoms with Crippen LogP contribution in [-0.2, 0) is 14.3 Å². The van der Waals surface area contributed by atoms with Gasteiger partial charge in [0.2, 0.25) is 17.6 Å². The fraction of sp³-hybridized carbons (Fsp3) is 0.229. The van der Waals surface area contributed by atoms with E-state index in [0.29, 0.717) is 44.9 Å². The molecule has 43 heavy (non-hydrogen) atoms. The number of anilines is 1. The van der Waals surface area contributed by atoms with Crippen LogP contribution in [0.3, 0.4) is 0 Å². The summed E-state index contributed by atoms with van der Waals surface area (Å²) < 4.78 is 5.65. The van der Waals surface area contributed by atoms with E-state index < -0.39 is 12.1 Å². The van der Waals surface area contributed by atoms with Gasteiger partial charge in [-0.1, -0.05) is 61.0 Å². The minimum atomic E-state index is -1.03. The number of carbonyl (C=O) groups excluding carboxylic acids is 4. The third kappa shape index (κ3) is 5.14. The average molecular weight is 593 g/mol. The van der Waals surface area contributed by atoms with E-state index in [2.05, 4.69) is 0 Å². The minimum absolute atomic E-state index is 0.00638. The van der Waals surface area contributed by atoms with E-state index in [1.54, 1.807) is 60.7 Å². The predicted octanol–water partition coefficient (Wildman–Crippen LogP) is 6.99. The number of esters is 1. The van der Waals surface area contributed by atoms with Gasteiger partial charge in [-0.3, -0.25) is 19.3 Å². The molecule has 0 N–H and O–H groups in total. The lowest BCUT2D eigenvalue weighted by Crippen LogP contribution is -2.31. The SMILES string of the molecule is Cc1cccc2c(C(=O)OC(C)C(=O)c3ccc(Cl)cc3)cc(-c3ccc(N4C(=O)C5CC=CC(C)C5C4=O)cc3)nc12. The molecule has 0 bridgehead atoms. The van der Waals surface area contributed by atoms with Gasteiger partial charge >= 0.3 is 5.97 Å². The second-order valence-electron chi connectivity index (χ2n) is 11.2. The molecule has 4 unspecified atom stereocenters. The maximum Gasteiger partial charge on any atom is 0.339 e. The number of ketones is 1. The molecule has 8 heteroatoms. The van der Waals surface area contributed by atoms with Gasteiger partial charge in [0.15, 0.2) is 6.10 Å². The van der Waals surface area contributed by atoms with E-state index >= 15 is 0 Å². The molecule has 2 heterocycles. The van der Waals surface area contributed by atoms with Crippen molar-refractivity contribution in [3.05, 3.63) is 107 Å². The first-order chi connectivity index (χ1) is 20.6. The maximum absolute atomic E-state index is 13.5. The number of rotatable bonds is 6. The zero-order valence-electron chi connectivity index (χ0n) is 23.9. The Kier molecular flexibility index (Phi) is 7.44. The van der Waals surface area contributed by atoms with Crippen molar-refractivity contribution in [2.75, 3.05) is 4.90 Å². The highest BCUT2D eigenvalue weighted by molar-refractivity contribution is 6.30. The van der Waals surface area contributed by atoms with Crippen LogP contribution in [0.15, 0.2) is 84.9 Å². The zero-order chi connectivity index (χ0) is 30.4. The van der Waals surface area contributed by atoms with Crippen molar-refractivity contribution >= 4 is 51.8 Å². The number of ether oxygens (including phenoxy) is 1. The number of allylic oxidation sites excluding steroid dienone is 2. The summed E-state index contributed by atoms with van der Waals surface area (Å²) in [4.78, 5) is 59.0. The number of amides is 2. The molecule has 4 aromatic rings. The van der Waals surface area contributed by atoms with Crippen LogP contribution in [-0.4, -0.2) is 34.7 Å². The lowest BCUT2D eigenvalue weighted by atomic mass is 9.78. The monoisotopic (exact) mass is 592 g/mol. The summed E-state index contributed by atoms with van der Waals surface area (Å²) >= 11 is 5.94. The first kappa shape index (κ1) is 28.5. The normalized spacial score (nSPS) is 20.3. The second kappa shape index (κ2) is 11.2. The molecule has 1 saturated heterocycles. The Labute approximate surface area is 254 Å². The molecule has 2 aliphatic rings. The number of pyridine rings is 1. The highest BCUT2D eigenvalue weighted by Crippen LogP contribution is 2.41. The van der Waals surface area contributed by atoms with E-state index in [1.807, 2.05) is 38.1 Å². The number of carbonyl (C=O) groups is 4. The Balaban J connectivity index is 1.30.